The van der Waals surface area contributed by atoms with Crippen LogP contribution in [-0.4, -0.2) is 15.9 Å². The van der Waals surface area contributed by atoms with Crippen LogP contribution in [0.4, 0.5) is 5.82 Å². The molecule has 0 aromatic carbocycles. The Bertz CT molecular complexity index is 378. The summed E-state index contributed by atoms with van der Waals surface area (Å²) < 4.78 is 0. The van der Waals surface area contributed by atoms with Crippen molar-refractivity contribution in [2.75, 3.05) is 5.32 Å². The van der Waals surface area contributed by atoms with Gasteiger partial charge in [-0.2, -0.15) is 0 Å². The van der Waals surface area contributed by atoms with E-state index < -0.39 is 0 Å². The highest BCUT2D eigenvalue weighted by atomic mass is 16.2. The van der Waals surface area contributed by atoms with Crippen molar-refractivity contribution >= 4 is 11.7 Å². The monoisotopic (exact) mass is 205 g/mol. The minimum Gasteiger partial charge on any atom is -0.310 e. The van der Waals surface area contributed by atoms with Crippen molar-refractivity contribution < 1.29 is 4.79 Å². The molecule has 0 saturated heterocycles. The second kappa shape index (κ2) is 3.96. The average Bonchev–Trinajstić information content (AvgIpc) is 2.54. The summed E-state index contributed by atoms with van der Waals surface area (Å²) in [5.74, 6) is 1.03. The van der Waals surface area contributed by atoms with Crippen LogP contribution < -0.4 is 5.32 Å². The largest absolute Gasteiger partial charge is 0.310 e. The molecule has 2 atom stereocenters. The Balaban J connectivity index is 2.29. The molecule has 0 fully saturated rings. The van der Waals surface area contributed by atoms with Gasteiger partial charge in [0.2, 0.25) is 5.91 Å². The summed E-state index contributed by atoms with van der Waals surface area (Å²) in [6.07, 6.45) is 5.35. The molecular formula is C11H15N3O. The lowest BCUT2D eigenvalue weighted by atomic mass is 9.87. The lowest BCUT2D eigenvalue weighted by Gasteiger charge is -2.16. The van der Waals surface area contributed by atoms with E-state index in [9.17, 15) is 4.79 Å². The first-order valence-corrected chi connectivity index (χ1v) is 5.34. The summed E-state index contributed by atoms with van der Waals surface area (Å²) in [5, 5.41) is 2.80. The van der Waals surface area contributed by atoms with Gasteiger partial charge in [0, 0.05) is 11.8 Å². The van der Waals surface area contributed by atoms with Crippen LogP contribution in [0.5, 0.6) is 0 Å². The number of anilines is 1. The maximum absolute atomic E-state index is 11.8. The Labute approximate surface area is 89.1 Å². The van der Waals surface area contributed by atoms with Gasteiger partial charge in [-0.25, -0.2) is 9.97 Å². The number of amides is 1. The molecule has 0 radical (unpaired) electrons. The molecule has 0 spiro atoms. The zero-order chi connectivity index (χ0) is 10.8. The molecule has 2 heterocycles. The highest BCUT2D eigenvalue weighted by Gasteiger charge is 2.35. The number of rotatable bonds is 3. The fourth-order valence-corrected chi connectivity index (χ4v) is 2.20. The lowest BCUT2D eigenvalue weighted by molar-refractivity contribution is -0.118. The zero-order valence-electron chi connectivity index (χ0n) is 9.03. The summed E-state index contributed by atoms with van der Waals surface area (Å²) in [7, 11) is 0. The van der Waals surface area contributed by atoms with Gasteiger partial charge >= 0.3 is 0 Å². The van der Waals surface area contributed by atoms with Crippen LogP contribution in [0.2, 0.25) is 0 Å². The summed E-state index contributed by atoms with van der Waals surface area (Å²) in [6, 6.07) is 0. The third kappa shape index (κ3) is 1.71. The van der Waals surface area contributed by atoms with Gasteiger partial charge in [0.05, 0.1) is 5.92 Å². The predicted octanol–water partition coefficient (Wildman–Crippen LogP) is 1.95. The summed E-state index contributed by atoms with van der Waals surface area (Å²) >= 11 is 0. The Morgan fingerprint density at radius 3 is 3.13 bits per heavy atom. The van der Waals surface area contributed by atoms with Gasteiger partial charge in [-0.3, -0.25) is 4.79 Å². The van der Waals surface area contributed by atoms with Gasteiger partial charge in [-0.15, -0.1) is 0 Å². The van der Waals surface area contributed by atoms with Crippen LogP contribution in [0.15, 0.2) is 12.5 Å². The van der Waals surface area contributed by atoms with Crippen LogP contribution >= 0.6 is 0 Å². The Morgan fingerprint density at radius 2 is 2.40 bits per heavy atom. The van der Waals surface area contributed by atoms with Gasteiger partial charge in [0.1, 0.15) is 12.1 Å². The van der Waals surface area contributed by atoms with E-state index in [1.807, 2.05) is 0 Å². The van der Waals surface area contributed by atoms with Gasteiger partial charge < -0.3 is 5.32 Å². The first-order chi connectivity index (χ1) is 7.24. The number of hydrogen-bond acceptors (Lipinski definition) is 3. The zero-order valence-corrected chi connectivity index (χ0v) is 9.03. The molecule has 1 aliphatic heterocycles. The quantitative estimate of drug-likeness (QED) is 0.820. The molecule has 0 aliphatic carbocycles. The SMILES string of the molecule is CCCC(C)C1C(=O)Nc2ncncc21. The van der Waals surface area contributed by atoms with Crippen LogP contribution in [-0.2, 0) is 4.79 Å². The molecule has 2 unspecified atom stereocenters. The number of carbonyl (C=O) groups excluding carboxylic acids is 1. The minimum atomic E-state index is -0.0684. The number of hydrogen-bond donors (Lipinski definition) is 1. The average molecular weight is 205 g/mol. The van der Waals surface area contributed by atoms with Crippen molar-refractivity contribution in [3.63, 3.8) is 0 Å². The summed E-state index contributed by atoms with van der Waals surface area (Å²) in [6.45, 7) is 4.24. The molecule has 4 nitrogen and oxygen atoms in total. The van der Waals surface area contributed by atoms with Crippen molar-refractivity contribution in [3.8, 4) is 0 Å². The van der Waals surface area contributed by atoms with Gasteiger partial charge in [-0.1, -0.05) is 20.3 Å². The van der Waals surface area contributed by atoms with Crippen molar-refractivity contribution in [1.29, 1.82) is 0 Å². The van der Waals surface area contributed by atoms with Crippen LogP contribution in [0, 0.1) is 5.92 Å². The van der Waals surface area contributed by atoms with Gasteiger partial charge in [0.15, 0.2) is 0 Å². The number of carbonyl (C=O) groups is 1. The molecule has 0 bridgehead atoms. The molecule has 2 rings (SSSR count). The van der Waals surface area contributed by atoms with Gasteiger partial charge in [-0.05, 0) is 12.3 Å². The van der Waals surface area contributed by atoms with E-state index in [1.165, 1.54) is 6.33 Å². The molecule has 1 aromatic rings. The van der Waals surface area contributed by atoms with Crippen molar-refractivity contribution in [1.82, 2.24) is 9.97 Å². The lowest BCUT2D eigenvalue weighted by Crippen LogP contribution is -2.18. The van der Waals surface area contributed by atoms with E-state index >= 15 is 0 Å². The molecule has 1 N–H and O–H groups in total. The van der Waals surface area contributed by atoms with E-state index in [1.54, 1.807) is 6.20 Å². The standard InChI is InChI=1S/C11H15N3O/c1-3-4-7(2)9-8-5-12-6-13-10(8)14-11(9)15/h5-7,9H,3-4H2,1-2H3,(H,12,13,14,15). The molecule has 1 amide bonds. The first-order valence-electron chi connectivity index (χ1n) is 5.34. The van der Waals surface area contributed by atoms with Gasteiger partial charge in [0.25, 0.3) is 0 Å². The normalized spacial score (nSPS) is 20.9. The van der Waals surface area contributed by atoms with E-state index in [-0.39, 0.29) is 11.8 Å². The number of fused-ring (bicyclic) bond motifs is 1. The maximum Gasteiger partial charge on any atom is 0.233 e. The van der Waals surface area contributed by atoms with Crippen LogP contribution in [0.25, 0.3) is 0 Å². The number of nitrogens with one attached hydrogen (secondary N) is 1. The molecule has 1 aromatic heterocycles. The second-order valence-electron chi connectivity index (χ2n) is 4.06. The third-order valence-corrected chi connectivity index (χ3v) is 2.91. The molecule has 0 saturated carbocycles. The Kier molecular flexibility index (Phi) is 2.66. The number of aromatic nitrogens is 2. The Morgan fingerprint density at radius 1 is 1.60 bits per heavy atom. The minimum absolute atomic E-state index is 0.0615. The fourth-order valence-electron chi connectivity index (χ4n) is 2.20. The molecule has 4 heteroatoms. The van der Waals surface area contributed by atoms with E-state index in [4.69, 9.17) is 0 Å². The van der Waals surface area contributed by atoms with Crippen molar-refractivity contribution in [3.05, 3.63) is 18.1 Å². The van der Waals surface area contributed by atoms with Crippen molar-refractivity contribution in [2.45, 2.75) is 32.6 Å². The van der Waals surface area contributed by atoms with Crippen LogP contribution in [0.3, 0.4) is 0 Å². The Hall–Kier alpha value is -1.45. The third-order valence-electron chi connectivity index (χ3n) is 2.91. The smallest absolute Gasteiger partial charge is 0.233 e. The van der Waals surface area contributed by atoms with E-state index in [2.05, 4.69) is 29.1 Å². The van der Waals surface area contributed by atoms with Crippen molar-refractivity contribution in [2.24, 2.45) is 5.92 Å². The molecule has 1 aliphatic rings. The fraction of sp³-hybridized carbons (Fsp3) is 0.545. The topological polar surface area (TPSA) is 54.9 Å². The molecular weight excluding hydrogens is 190 g/mol. The molecule has 15 heavy (non-hydrogen) atoms. The van der Waals surface area contributed by atoms with E-state index in [0.29, 0.717) is 11.7 Å². The maximum atomic E-state index is 11.8. The predicted molar refractivity (Wildman–Crippen MR) is 57.5 cm³/mol. The summed E-state index contributed by atoms with van der Waals surface area (Å²) in [4.78, 5) is 19.8. The highest BCUT2D eigenvalue weighted by Crippen LogP contribution is 2.36. The summed E-state index contributed by atoms with van der Waals surface area (Å²) in [5.41, 5.74) is 0.948. The second-order valence-corrected chi connectivity index (χ2v) is 4.06. The first kappa shape index (κ1) is 10.1. The highest BCUT2D eigenvalue weighted by molar-refractivity contribution is 6.01. The van der Waals surface area contributed by atoms with Crippen LogP contribution in [0.1, 0.15) is 38.2 Å². The number of nitrogens with zero attached hydrogens (tertiary/aromatic N) is 2. The molecule has 80 valence electrons. The van der Waals surface area contributed by atoms with E-state index in [0.717, 1.165) is 18.4 Å².